The van der Waals surface area contributed by atoms with Gasteiger partial charge in [-0.3, -0.25) is 9.69 Å². The molecule has 0 saturated heterocycles. The molecule has 0 bridgehead atoms. The van der Waals surface area contributed by atoms with E-state index in [0.717, 1.165) is 24.4 Å². The standard InChI is InChI=1S/C21H21NO3/c1-14-7-8-19-16(9-14)11-22(10-15(2)25-19)12-17-13-24-20-6-4-3-5-18(20)21(17)23/h3-9,13,15H,10-12H2,1-2H3/t15-/m1/s1. The van der Waals surface area contributed by atoms with Crippen LogP contribution in [0.1, 0.15) is 23.6 Å². The predicted octanol–water partition coefficient (Wildman–Crippen LogP) is 3.88. The summed E-state index contributed by atoms with van der Waals surface area (Å²) in [5.74, 6) is 0.936. The zero-order chi connectivity index (χ0) is 17.4. The topological polar surface area (TPSA) is 42.7 Å². The van der Waals surface area contributed by atoms with Crippen LogP contribution < -0.4 is 10.2 Å². The summed E-state index contributed by atoms with van der Waals surface area (Å²) in [5.41, 5.74) is 3.73. The summed E-state index contributed by atoms with van der Waals surface area (Å²) >= 11 is 0. The van der Waals surface area contributed by atoms with Crippen molar-refractivity contribution >= 4 is 11.0 Å². The zero-order valence-corrected chi connectivity index (χ0v) is 14.5. The van der Waals surface area contributed by atoms with Gasteiger partial charge in [-0.1, -0.05) is 29.8 Å². The van der Waals surface area contributed by atoms with Crippen molar-refractivity contribution in [3.8, 4) is 5.75 Å². The largest absolute Gasteiger partial charge is 0.489 e. The Hall–Kier alpha value is -2.59. The number of hydrogen-bond donors (Lipinski definition) is 0. The maximum Gasteiger partial charge on any atom is 0.197 e. The SMILES string of the molecule is Cc1ccc2c(c1)CN(Cc1coc3ccccc3c1=O)C[C@@H](C)O2. The fourth-order valence-corrected chi connectivity index (χ4v) is 3.46. The second kappa shape index (κ2) is 6.37. The van der Waals surface area contributed by atoms with E-state index in [1.807, 2.05) is 30.3 Å². The molecule has 1 aliphatic heterocycles. The lowest BCUT2D eigenvalue weighted by Crippen LogP contribution is -2.32. The van der Waals surface area contributed by atoms with E-state index in [1.165, 1.54) is 5.56 Å². The Balaban J connectivity index is 1.66. The van der Waals surface area contributed by atoms with Crippen LogP contribution in [0.5, 0.6) is 5.75 Å². The molecule has 1 atom stereocenters. The highest BCUT2D eigenvalue weighted by Gasteiger charge is 2.21. The van der Waals surface area contributed by atoms with E-state index in [4.69, 9.17) is 9.15 Å². The Morgan fingerprint density at radius 3 is 2.92 bits per heavy atom. The average Bonchev–Trinajstić information content (AvgIpc) is 2.75. The predicted molar refractivity (Wildman–Crippen MR) is 97.9 cm³/mol. The minimum absolute atomic E-state index is 0.0455. The van der Waals surface area contributed by atoms with Gasteiger partial charge in [0.25, 0.3) is 0 Å². The van der Waals surface area contributed by atoms with Crippen LogP contribution in [0, 0.1) is 6.92 Å². The lowest BCUT2D eigenvalue weighted by Gasteiger charge is -2.21. The number of aryl methyl sites for hydroxylation is 1. The van der Waals surface area contributed by atoms with Gasteiger partial charge in [0.15, 0.2) is 5.43 Å². The van der Waals surface area contributed by atoms with Crippen molar-refractivity contribution in [2.24, 2.45) is 0 Å². The van der Waals surface area contributed by atoms with Gasteiger partial charge < -0.3 is 9.15 Å². The molecule has 0 saturated carbocycles. The van der Waals surface area contributed by atoms with Crippen molar-refractivity contribution in [3.05, 3.63) is 75.6 Å². The van der Waals surface area contributed by atoms with Crippen LogP contribution >= 0.6 is 0 Å². The number of fused-ring (bicyclic) bond motifs is 2. The molecule has 1 aliphatic rings. The average molecular weight is 335 g/mol. The van der Waals surface area contributed by atoms with Gasteiger partial charge in [-0.15, -0.1) is 0 Å². The number of nitrogens with zero attached hydrogens (tertiary/aromatic N) is 1. The minimum Gasteiger partial charge on any atom is -0.489 e. The van der Waals surface area contributed by atoms with E-state index in [2.05, 4.69) is 30.9 Å². The molecule has 25 heavy (non-hydrogen) atoms. The van der Waals surface area contributed by atoms with Crippen LogP contribution in [0.15, 0.2) is 57.9 Å². The quantitative estimate of drug-likeness (QED) is 0.713. The van der Waals surface area contributed by atoms with Gasteiger partial charge in [0.1, 0.15) is 17.4 Å². The lowest BCUT2D eigenvalue weighted by atomic mass is 10.1. The first-order valence-electron chi connectivity index (χ1n) is 8.58. The van der Waals surface area contributed by atoms with Gasteiger partial charge in [-0.25, -0.2) is 0 Å². The first-order valence-corrected chi connectivity index (χ1v) is 8.58. The second-order valence-electron chi connectivity index (χ2n) is 6.80. The van der Waals surface area contributed by atoms with Crippen molar-refractivity contribution in [2.45, 2.75) is 33.0 Å². The summed E-state index contributed by atoms with van der Waals surface area (Å²) < 4.78 is 11.7. The molecule has 0 radical (unpaired) electrons. The van der Waals surface area contributed by atoms with E-state index < -0.39 is 0 Å². The third kappa shape index (κ3) is 3.17. The van der Waals surface area contributed by atoms with E-state index in [9.17, 15) is 4.79 Å². The van der Waals surface area contributed by atoms with Crippen LogP contribution in [0.2, 0.25) is 0 Å². The van der Waals surface area contributed by atoms with Crippen molar-refractivity contribution in [3.63, 3.8) is 0 Å². The molecule has 2 aromatic carbocycles. The minimum atomic E-state index is 0.0455. The molecule has 128 valence electrons. The zero-order valence-electron chi connectivity index (χ0n) is 14.5. The van der Waals surface area contributed by atoms with Crippen LogP contribution in [0.3, 0.4) is 0 Å². The van der Waals surface area contributed by atoms with Crippen LogP contribution in [0.4, 0.5) is 0 Å². The second-order valence-corrected chi connectivity index (χ2v) is 6.80. The Kier molecular flexibility index (Phi) is 4.06. The molecule has 0 spiro atoms. The van der Waals surface area contributed by atoms with Crippen molar-refractivity contribution in [2.75, 3.05) is 6.54 Å². The van der Waals surface area contributed by atoms with E-state index in [-0.39, 0.29) is 11.5 Å². The highest BCUT2D eigenvalue weighted by atomic mass is 16.5. The maximum atomic E-state index is 12.8. The van der Waals surface area contributed by atoms with Crippen molar-refractivity contribution in [1.82, 2.24) is 4.90 Å². The van der Waals surface area contributed by atoms with Crippen LogP contribution in [0.25, 0.3) is 11.0 Å². The number of ether oxygens (including phenoxy) is 1. The molecule has 1 aromatic heterocycles. The molecule has 0 unspecified atom stereocenters. The first kappa shape index (κ1) is 15.9. The molecular formula is C21H21NO3. The Bertz CT molecular complexity index is 976. The first-order chi connectivity index (χ1) is 12.1. The number of rotatable bonds is 2. The maximum absolute atomic E-state index is 12.8. The molecule has 0 amide bonds. The molecule has 2 heterocycles. The monoisotopic (exact) mass is 335 g/mol. The third-order valence-electron chi connectivity index (χ3n) is 4.60. The summed E-state index contributed by atoms with van der Waals surface area (Å²) in [5, 5.41) is 0.635. The number of para-hydroxylation sites is 1. The molecule has 4 heteroatoms. The molecule has 4 nitrogen and oxygen atoms in total. The molecule has 3 aromatic rings. The fourth-order valence-electron chi connectivity index (χ4n) is 3.46. The smallest absolute Gasteiger partial charge is 0.197 e. The van der Waals surface area contributed by atoms with Gasteiger partial charge in [0.2, 0.25) is 0 Å². The number of benzene rings is 2. The highest BCUT2D eigenvalue weighted by molar-refractivity contribution is 5.76. The summed E-state index contributed by atoms with van der Waals surface area (Å²) in [6.45, 7) is 6.21. The van der Waals surface area contributed by atoms with Crippen molar-refractivity contribution in [1.29, 1.82) is 0 Å². The molecule has 0 aliphatic carbocycles. The van der Waals surface area contributed by atoms with E-state index in [0.29, 0.717) is 23.1 Å². The molecule has 0 N–H and O–H groups in total. The van der Waals surface area contributed by atoms with Gasteiger partial charge in [0.05, 0.1) is 11.6 Å². The summed E-state index contributed by atoms with van der Waals surface area (Å²) in [7, 11) is 0. The van der Waals surface area contributed by atoms with Crippen LogP contribution in [-0.4, -0.2) is 17.5 Å². The van der Waals surface area contributed by atoms with Gasteiger partial charge in [0, 0.05) is 30.8 Å². The normalized spacial score (nSPS) is 17.8. The Morgan fingerprint density at radius 1 is 1.20 bits per heavy atom. The molecule has 4 rings (SSSR count). The molecular weight excluding hydrogens is 314 g/mol. The summed E-state index contributed by atoms with van der Waals surface area (Å²) in [4.78, 5) is 15.0. The Morgan fingerprint density at radius 2 is 2.04 bits per heavy atom. The van der Waals surface area contributed by atoms with Gasteiger partial charge in [-0.2, -0.15) is 0 Å². The summed E-state index contributed by atoms with van der Waals surface area (Å²) in [6, 6.07) is 13.6. The third-order valence-corrected chi connectivity index (χ3v) is 4.60. The van der Waals surface area contributed by atoms with E-state index in [1.54, 1.807) is 6.26 Å². The van der Waals surface area contributed by atoms with Gasteiger partial charge in [-0.05, 0) is 32.0 Å². The Labute approximate surface area is 146 Å². The summed E-state index contributed by atoms with van der Waals surface area (Å²) in [6.07, 6.45) is 1.66. The van der Waals surface area contributed by atoms with Crippen LogP contribution in [-0.2, 0) is 13.1 Å². The fraction of sp³-hybridized carbons (Fsp3) is 0.286. The molecule has 0 fully saturated rings. The van der Waals surface area contributed by atoms with E-state index >= 15 is 0 Å². The number of hydrogen-bond acceptors (Lipinski definition) is 4. The lowest BCUT2D eigenvalue weighted by molar-refractivity contribution is 0.155. The highest BCUT2D eigenvalue weighted by Crippen LogP contribution is 2.27. The van der Waals surface area contributed by atoms with Gasteiger partial charge >= 0.3 is 0 Å². The van der Waals surface area contributed by atoms with Crippen molar-refractivity contribution < 1.29 is 9.15 Å².